The maximum Gasteiger partial charge on any atom is 0.0823 e. The van der Waals surface area contributed by atoms with Gasteiger partial charge in [0.25, 0.3) is 0 Å². The third-order valence-electron chi connectivity index (χ3n) is 3.39. The first-order chi connectivity index (χ1) is 8.77. The molecule has 1 aromatic rings. The highest BCUT2D eigenvalue weighted by Gasteiger charge is 2.09. The summed E-state index contributed by atoms with van der Waals surface area (Å²) in [4.78, 5) is 2.53. The zero-order valence-corrected chi connectivity index (χ0v) is 12.1. The lowest BCUT2D eigenvalue weighted by molar-refractivity contribution is 0.296. The SMILES string of the molecule is Clc1cccc(NCCN2CCCCCC2)c1Cl. The summed E-state index contributed by atoms with van der Waals surface area (Å²) in [6, 6.07) is 5.70. The minimum atomic E-state index is 0.608. The standard InChI is InChI=1S/C14H20Cl2N2/c15-12-6-5-7-13(14(12)16)17-8-11-18-9-3-1-2-4-10-18/h5-7,17H,1-4,8-11H2. The van der Waals surface area contributed by atoms with Crippen LogP contribution in [0.15, 0.2) is 18.2 Å². The van der Waals surface area contributed by atoms with E-state index in [-0.39, 0.29) is 0 Å². The molecule has 0 amide bonds. The number of hydrogen-bond acceptors (Lipinski definition) is 2. The summed E-state index contributed by atoms with van der Waals surface area (Å²) in [5.41, 5.74) is 0.930. The lowest BCUT2D eigenvalue weighted by Gasteiger charge is -2.20. The van der Waals surface area contributed by atoms with Gasteiger partial charge in [0.2, 0.25) is 0 Å². The third-order valence-corrected chi connectivity index (χ3v) is 4.21. The highest BCUT2D eigenvalue weighted by Crippen LogP contribution is 2.29. The average molecular weight is 287 g/mol. The predicted molar refractivity (Wildman–Crippen MR) is 79.9 cm³/mol. The molecule has 0 aliphatic carbocycles. The second-order valence-electron chi connectivity index (χ2n) is 4.78. The summed E-state index contributed by atoms with van der Waals surface area (Å²) in [5, 5.41) is 4.59. The van der Waals surface area contributed by atoms with Crippen LogP contribution in [0.2, 0.25) is 10.0 Å². The quantitative estimate of drug-likeness (QED) is 0.889. The Balaban J connectivity index is 1.79. The Kier molecular flexibility index (Phi) is 5.61. The molecule has 100 valence electrons. The van der Waals surface area contributed by atoms with Gasteiger partial charge in [0.05, 0.1) is 15.7 Å². The highest BCUT2D eigenvalue weighted by atomic mass is 35.5. The molecular formula is C14H20Cl2N2. The lowest BCUT2D eigenvalue weighted by atomic mass is 10.2. The zero-order chi connectivity index (χ0) is 12.8. The maximum absolute atomic E-state index is 6.13. The van der Waals surface area contributed by atoms with Crippen molar-refractivity contribution in [3.63, 3.8) is 0 Å². The average Bonchev–Trinajstić information content (AvgIpc) is 2.63. The molecular weight excluding hydrogens is 267 g/mol. The summed E-state index contributed by atoms with van der Waals surface area (Å²) in [6.07, 6.45) is 5.42. The van der Waals surface area contributed by atoms with Crippen LogP contribution in [0.4, 0.5) is 5.69 Å². The van der Waals surface area contributed by atoms with Crippen molar-refractivity contribution < 1.29 is 0 Å². The minimum absolute atomic E-state index is 0.608. The molecule has 1 aliphatic rings. The number of halogens is 2. The van der Waals surface area contributed by atoms with Gasteiger partial charge in [-0.25, -0.2) is 0 Å². The maximum atomic E-state index is 6.13. The molecule has 1 heterocycles. The molecule has 0 aromatic heterocycles. The minimum Gasteiger partial charge on any atom is -0.383 e. The molecule has 1 aromatic carbocycles. The van der Waals surface area contributed by atoms with E-state index in [0.29, 0.717) is 10.0 Å². The summed E-state index contributed by atoms with van der Waals surface area (Å²) in [7, 11) is 0. The first-order valence-corrected chi connectivity index (χ1v) is 7.43. The Bertz CT molecular complexity index is 374. The van der Waals surface area contributed by atoms with Gasteiger partial charge in [-0.1, -0.05) is 42.1 Å². The van der Waals surface area contributed by atoms with Crippen molar-refractivity contribution in [3.8, 4) is 0 Å². The van der Waals surface area contributed by atoms with E-state index in [0.717, 1.165) is 18.8 Å². The second-order valence-corrected chi connectivity index (χ2v) is 5.57. The monoisotopic (exact) mass is 286 g/mol. The number of likely N-dealkylation sites (tertiary alicyclic amines) is 1. The molecule has 1 N–H and O–H groups in total. The van der Waals surface area contributed by atoms with Crippen molar-refractivity contribution in [2.75, 3.05) is 31.5 Å². The lowest BCUT2D eigenvalue weighted by Crippen LogP contribution is -2.30. The number of benzene rings is 1. The van der Waals surface area contributed by atoms with E-state index in [1.807, 2.05) is 18.2 Å². The fourth-order valence-corrected chi connectivity index (χ4v) is 2.72. The molecule has 2 nitrogen and oxygen atoms in total. The summed E-state index contributed by atoms with van der Waals surface area (Å²) in [6.45, 7) is 4.44. The van der Waals surface area contributed by atoms with E-state index in [1.54, 1.807) is 0 Å². The van der Waals surface area contributed by atoms with E-state index >= 15 is 0 Å². The smallest absolute Gasteiger partial charge is 0.0823 e. The number of nitrogens with zero attached hydrogens (tertiary/aromatic N) is 1. The van der Waals surface area contributed by atoms with Crippen molar-refractivity contribution in [1.82, 2.24) is 4.90 Å². The van der Waals surface area contributed by atoms with Gasteiger partial charge in [0.1, 0.15) is 0 Å². The van der Waals surface area contributed by atoms with Crippen molar-refractivity contribution in [2.45, 2.75) is 25.7 Å². The summed E-state index contributed by atoms with van der Waals surface area (Å²) in [5.74, 6) is 0. The predicted octanol–water partition coefficient (Wildman–Crippen LogP) is 4.28. The Labute approximate surface area is 119 Å². The molecule has 0 saturated carbocycles. The first-order valence-electron chi connectivity index (χ1n) is 6.67. The molecule has 0 radical (unpaired) electrons. The zero-order valence-electron chi connectivity index (χ0n) is 10.6. The molecule has 2 rings (SSSR count). The van der Waals surface area contributed by atoms with E-state index in [2.05, 4.69) is 10.2 Å². The van der Waals surface area contributed by atoms with E-state index in [4.69, 9.17) is 23.2 Å². The highest BCUT2D eigenvalue weighted by molar-refractivity contribution is 6.43. The van der Waals surface area contributed by atoms with Gasteiger partial charge in [-0.15, -0.1) is 0 Å². The number of hydrogen-bond donors (Lipinski definition) is 1. The van der Waals surface area contributed by atoms with Crippen LogP contribution in [0.5, 0.6) is 0 Å². The van der Waals surface area contributed by atoms with Crippen LogP contribution >= 0.6 is 23.2 Å². The first kappa shape index (κ1) is 14.0. The van der Waals surface area contributed by atoms with Gasteiger partial charge >= 0.3 is 0 Å². The summed E-state index contributed by atoms with van der Waals surface area (Å²) < 4.78 is 0. The van der Waals surface area contributed by atoms with Crippen molar-refractivity contribution in [2.24, 2.45) is 0 Å². The second kappa shape index (κ2) is 7.22. The van der Waals surface area contributed by atoms with Gasteiger partial charge in [-0.2, -0.15) is 0 Å². The van der Waals surface area contributed by atoms with E-state index in [1.165, 1.54) is 38.8 Å². The number of anilines is 1. The molecule has 1 saturated heterocycles. The van der Waals surface area contributed by atoms with Crippen molar-refractivity contribution in [3.05, 3.63) is 28.2 Å². The molecule has 0 atom stereocenters. The van der Waals surface area contributed by atoms with E-state index in [9.17, 15) is 0 Å². The van der Waals surface area contributed by atoms with Crippen LogP contribution in [0.1, 0.15) is 25.7 Å². The largest absolute Gasteiger partial charge is 0.383 e. The van der Waals surface area contributed by atoms with Crippen molar-refractivity contribution >= 4 is 28.9 Å². The normalized spacial score (nSPS) is 17.4. The molecule has 1 aliphatic heterocycles. The van der Waals surface area contributed by atoms with Crippen LogP contribution in [0.3, 0.4) is 0 Å². The van der Waals surface area contributed by atoms with Crippen LogP contribution in [0, 0.1) is 0 Å². The van der Waals surface area contributed by atoms with E-state index < -0.39 is 0 Å². The van der Waals surface area contributed by atoms with Crippen LogP contribution in [-0.2, 0) is 0 Å². The fraction of sp³-hybridized carbons (Fsp3) is 0.571. The third kappa shape index (κ3) is 4.04. The molecule has 0 unspecified atom stereocenters. The Hall–Kier alpha value is -0.440. The van der Waals surface area contributed by atoms with Gasteiger partial charge in [0.15, 0.2) is 0 Å². The van der Waals surface area contributed by atoms with Crippen molar-refractivity contribution in [1.29, 1.82) is 0 Å². The van der Waals surface area contributed by atoms with Crippen LogP contribution in [-0.4, -0.2) is 31.1 Å². The number of nitrogens with one attached hydrogen (secondary N) is 1. The summed E-state index contributed by atoms with van der Waals surface area (Å²) >= 11 is 12.1. The van der Waals surface area contributed by atoms with Gasteiger partial charge < -0.3 is 10.2 Å². The molecule has 0 bridgehead atoms. The Morgan fingerprint density at radius 2 is 1.78 bits per heavy atom. The van der Waals surface area contributed by atoms with Crippen LogP contribution < -0.4 is 5.32 Å². The molecule has 1 fully saturated rings. The molecule has 0 spiro atoms. The molecule has 18 heavy (non-hydrogen) atoms. The Morgan fingerprint density at radius 3 is 2.50 bits per heavy atom. The van der Waals surface area contributed by atoms with Gasteiger partial charge in [-0.3, -0.25) is 0 Å². The number of rotatable bonds is 4. The molecule has 4 heteroatoms. The van der Waals surface area contributed by atoms with Crippen LogP contribution in [0.25, 0.3) is 0 Å². The fourth-order valence-electron chi connectivity index (χ4n) is 2.35. The van der Waals surface area contributed by atoms with Gasteiger partial charge in [0, 0.05) is 13.1 Å². The Morgan fingerprint density at radius 1 is 1.06 bits per heavy atom. The topological polar surface area (TPSA) is 15.3 Å². The van der Waals surface area contributed by atoms with Gasteiger partial charge in [-0.05, 0) is 38.1 Å².